The number of aliphatic hydroxyl groups excluding tert-OH is 2. The molecular formula is C13H26O2. The van der Waals surface area contributed by atoms with E-state index in [-0.39, 0.29) is 18.1 Å². The lowest BCUT2D eigenvalue weighted by molar-refractivity contribution is 0.0588. The van der Waals surface area contributed by atoms with Gasteiger partial charge in [-0.15, -0.1) is 0 Å². The zero-order valence-electron chi connectivity index (χ0n) is 10.2. The minimum Gasteiger partial charge on any atom is -0.393 e. The second-order valence-corrected chi connectivity index (χ2v) is 5.18. The summed E-state index contributed by atoms with van der Waals surface area (Å²) in [7, 11) is 0. The predicted molar refractivity (Wildman–Crippen MR) is 62.7 cm³/mol. The minimum absolute atomic E-state index is 0.201. The summed E-state index contributed by atoms with van der Waals surface area (Å²) in [4.78, 5) is 0. The highest BCUT2D eigenvalue weighted by Crippen LogP contribution is 2.30. The Morgan fingerprint density at radius 1 is 1.20 bits per heavy atom. The van der Waals surface area contributed by atoms with Gasteiger partial charge < -0.3 is 10.2 Å². The van der Waals surface area contributed by atoms with Crippen molar-refractivity contribution in [3.05, 3.63) is 0 Å². The highest BCUT2D eigenvalue weighted by Gasteiger charge is 2.22. The van der Waals surface area contributed by atoms with Crippen LogP contribution in [0.2, 0.25) is 0 Å². The van der Waals surface area contributed by atoms with E-state index in [0.29, 0.717) is 0 Å². The van der Waals surface area contributed by atoms with Crippen molar-refractivity contribution in [2.75, 3.05) is 0 Å². The lowest BCUT2D eigenvalue weighted by Crippen LogP contribution is -2.23. The molecule has 0 radical (unpaired) electrons. The van der Waals surface area contributed by atoms with Gasteiger partial charge in [0.05, 0.1) is 12.2 Å². The van der Waals surface area contributed by atoms with Crippen LogP contribution in [0.1, 0.15) is 58.8 Å². The molecule has 0 bridgehead atoms. The monoisotopic (exact) mass is 214 g/mol. The molecule has 2 nitrogen and oxygen atoms in total. The first-order valence-corrected chi connectivity index (χ1v) is 6.49. The molecule has 0 heterocycles. The fraction of sp³-hybridized carbons (Fsp3) is 1.00. The van der Waals surface area contributed by atoms with Gasteiger partial charge in [-0.05, 0) is 31.6 Å². The van der Waals surface area contributed by atoms with E-state index in [0.717, 1.165) is 25.2 Å². The first-order chi connectivity index (χ1) is 7.13. The molecule has 0 aromatic heterocycles. The number of hydrogen-bond acceptors (Lipinski definition) is 2. The SMILES string of the molecule is CCC(CC(O)CC1CCCC1)C(C)O. The Morgan fingerprint density at radius 2 is 1.80 bits per heavy atom. The average Bonchev–Trinajstić information content (AvgIpc) is 2.66. The summed E-state index contributed by atoms with van der Waals surface area (Å²) in [6.45, 7) is 3.91. The van der Waals surface area contributed by atoms with Crippen LogP contribution in [-0.4, -0.2) is 22.4 Å². The second-order valence-electron chi connectivity index (χ2n) is 5.18. The van der Waals surface area contributed by atoms with Crippen molar-refractivity contribution in [3.8, 4) is 0 Å². The molecule has 0 amide bonds. The van der Waals surface area contributed by atoms with Gasteiger partial charge in [-0.25, -0.2) is 0 Å². The van der Waals surface area contributed by atoms with Crippen LogP contribution in [0.15, 0.2) is 0 Å². The van der Waals surface area contributed by atoms with E-state index in [1.165, 1.54) is 25.7 Å². The van der Waals surface area contributed by atoms with Crippen molar-refractivity contribution >= 4 is 0 Å². The zero-order valence-corrected chi connectivity index (χ0v) is 10.2. The topological polar surface area (TPSA) is 40.5 Å². The molecule has 1 saturated carbocycles. The summed E-state index contributed by atoms with van der Waals surface area (Å²) in [5.74, 6) is 1.01. The molecule has 0 aromatic carbocycles. The molecule has 2 heteroatoms. The van der Waals surface area contributed by atoms with E-state index in [1.54, 1.807) is 0 Å². The van der Waals surface area contributed by atoms with Crippen molar-refractivity contribution in [1.82, 2.24) is 0 Å². The molecule has 0 spiro atoms. The maximum atomic E-state index is 9.95. The first kappa shape index (κ1) is 13.0. The number of rotatable bonds is 6. The van der Waals surface area contributed by atoms with Crippen LogP contribution in [0, 0.1) is 11.8 Å². The van der Waals surface area contributed by atoms with Crippen molar-refractivity contribution in [2.45, 2.75) is 71.0 Å². The largest absolute Gasteiger partial charge is 0.393 e. The van der Waals surface area contributed by atoms with Gasteiger partial charge in [-0.3, -0.25) is 0 Å². The summed E-state index contributed by atoms with van der Waals surface area (Å²) in [5, 5.41) is 19.5. The molecule has 0 aliphatic heterocycles. The standard InChI is InChI=1S/C13H26O2/c1-3-12(10(2)14)9-13(15)8-11-6-4-5-7-11/h10-15H,3-9H2,1-2H3. The Bertz CT molecular complexity index is 162. The van der Waals surface area contributed by atoms with Crippen LogP contribution in [0.4, 0.5) is 0 Å². The quantitative estimate of drug-likeness (QED) is 0.713. The molecule has 1 rings (SSSR count). The van der Waals surface area contributed by atoms with E-state index >= 15 is 0 Å². The van der Waals surface area contributed by atoms with Gasteiger partial charge in [0.1, 0.15) is 0 Å². The Labute approximate surface area is 93.7 Å². The Kier molecular flexibility index (Phi) is 5.62. The average molecular weight is 214 g/mol. The minimum atomic E-state index is -0.284. The molecule has 3 unspecified atom stereocenters. The van der Waals surface area contributed by atoms with Gasteiger partial charge in [-0.1, -0.05) is 39.0 Å². The normalized spacial score (nSPS) is 24.0. The van der Waals surface area contributed by atoms with Crippen LogP contribution >= 0.6 is 0 Å². The smallest absolute Gasteiger partial charge is 0.0546 e. The summed E-state index contributed by atoms with van der Waals surface area (Å²) >= 11 is 0. The van der Waals surface area contributed by atoms with Gasteiger partial charge in [-0.2, -0.15) is 0 Å². The van der Waals surface area contributed by atoms with Gasteiger partial charge in [0, 0.05) is 0 Å². The van der Waals surface area contributed by atoms with E-state index in [4.69, 9.17) is 0 Å². The summed E-state index contributed by atoms with van der Waals surface area (Å²) in [5.41, 5.74) is 0. The van der Waals surface area contributed by atoms with E-state index in [1.807, 2.05) is 6.92 Å². The van der Waals surface area contributed by atoms with Crippen LogP contribution in [0.5, 0.6) is 0 Å². The molecule has 3 atom stereocenters. The zero-order chi connectivity index (χ0) is 11.3. The predicted octanol–water partition coefficient (Wildman–Crippen LogP) is 2.72. The van der Waals surface area contributed by atoms with Crippen molar-refractivity contribution in [1.29, 1.82) is 0 Å². The molecule has 1 fully saturated rings. The second kappa shape index (κ2) is 6.49. The Balaban J connectivity index is 2.23. The van der Waals surface area contributed by atoms with Crippen LogP contribution < -0.4 is 0 Å². The maximum absolute atomic E-state index is 9.95. The molecule has 15 heavy (non-hydrogen) atoms. The molecule has 0 aromatic rings. The summed E-state index contributed by atoms with van der Waals surface area (Å²) in [6.07, 6.45) is 7.45. The molecule has 1 aliphatic carbocycles. The lowest BCUT2D eigenvalue weighted by atomic mass is 9.89. The van der Waals surface area contributed by atoms with E-state index < -0.39 is 0 Å². The molecule has 90 valence electrons. The number of aliphatic hydroxyl groups is 2. The highest BCUT2D eigenvalue weighted by atomic mass is 16.3. The fourth-order valence-corrected chi connectivity index (χ4v) is 2.78. The fourth-order valence-electron chi connectivity index (χ4n) is 2.78. The van der Waals surface area contributed by atoms with E-state index in [9.17, 15) is 10.2 Å². The van der Waals surface area contributed by atoms with Crippen LogP contribution in [-0.2, 0) is 0 Å². The molecule has 2 N–H and O–H groups in total. The van der Waals surface area contributed by atoms with Crippen molar-refractivity contribution in [2.24, 2.45) is 11.8 Å². The van der Waals surface area contributed by atoms with Gasteiger partial charge in [0.2, 0.25) is 0 Å². The first-order valence-electron chi connectivity index (χ1n) is 6.49. The molecule has 0 saturated heterocycles. The third-order valence-corrected chi connectivity index (χ3v) is 3.86. The third-order valence-electron chi connectivity index (χ3n) is 3.86. The Hall–Kier alpha value is -0.0800. The summed E-state index contributed by atoms with van der Waals surface area (Å²) < 4.78 is 0. The number of hydrogen-bond donors (Lipinski definition) is 2. The van der Waals surface area contributed by atoms with Crippen LogP contribution in [0.25, 0.3) is 0 Å². The third kappa shape index (κ3) is 4.52. The molecular weight excluding hydrogens is 188 g/mol. The van der Waals surface area contributed by atoms with Gasteiger partial charge in [0.25, 0.3) is 0 Å². The van der Waals surface area contributed by atoms with Crippen molar-refractivity contribution < 1.29 is 10.2 Å². The van der Waals surface area contributed by atoms with Crippen LogP contribution in [0.3, 0.4) is 0 Å². The Morgan fingerprint density at radius 3 is 2.27 bits per heavy atom. The highest BCUT2D eigenvalue weighted by molar-refractivity contribution is 4.74. The van der Waals surface area contributed by atoms with Crippen molar-refractivity contribution in [3.63, 3.8) is 0 Å². The lowest BCUT2D eigenvalue weighted by Gasteiger charge is -2.23. The maximum Gasteiger partial charge on any atom is 0.0546 e. The van der Waals surface area contributed by atoms with Gasteiger partial charge >= 0.3 is 0 Å². The summed E-state index contributed by atoms with van der Waals surface area (Å²) in [6, 6.07) is 0. The molecule has 1 aliphatic rings. The van der Waals surface area contributed by atoms with E-state index in [2.05, 4.69) is 6.92 Å². The van der Waals surface area contributed by atoms with Gasteiger partial charge in [0.15, 0.2) is 0 Å².